The van der Waals surface area contributed by atoms with Gasteiger partial charge in [-0.3, -0.25) is 0 Å². The fraction of sp³-hybridized carbons (Fsp3) is 0.643. The summed E-state index contributed by atoms with van der Waals surface area (Å²) in [6, 6.07) is 0. The Labute approximate surface area is 126 Å². The van der Waals surface area contributed by atoms with Crippen LogP contribution in [0.15, 0.2) is 3.79 Å². The molecule has 1 fully saturated rings. The summed E-state index contributed by atoms with van der Waals surface area (Å²) in [4.78, 5) is 15.3. The fourth-order valence-corrected chi connectivity index (χ4v) is 5.31. The molecule has 5 heteroatoms. The van der Waals surface area contributed by atoms with Crippen LogP contribution in [0.5, 0.6) is 0 Å². The number of carbonyl (C=O) groups excluding carboxylic acids is 1. The number of ether oxygens (including phenoxy) is 1. The number of amides is 1. The van der Waals surface area contributed by atoms with E-state index in [-0.39, 0.29) is 6.09 Å². The van der Waals surface area contributed by atoms with Crippen molar-refractivity contribution in [1.82, 2.24) is 4.90 Å². The molecule has 1 aliphatic heterocycles. The number of nitrogens with zero attached hydrogens (tertiary/aromatic N) is 1. The maximum Gasteiger partial charge on any atom is 0.409 e. The van der Waals surface area contributed by atoms with E-state index < -0.39 is 0 Å². The molecular formula is C14H18BrNO2S. The van der Waals surface area contributed by atoms with Gasteiger partial charge in [0.15, 0.2) is 0 Å². The molecule has 2 unspecified atom stereocenters. The van der Waals surface area contributed by atoms with Crippen molar-refractivity contribution >= 4 is 33.4 Å². The van der Waals surface area contributed by atoms with Crippen LogP contribution in [0.2, 0.25) is 0 Å². The van der Waals surface area contributed by atoms with E-state index in [4.69, 9.17) is 4.74 Å². The molecule has 104 valence electrons. The minimum absolute atomic E-state index is 0.148. The molecule has 1 saturated heterocycles. The zero-order valence-corrected chi connectivity index (χ0v) is 13.6. The van der Waals surface area contributed by atoms with Crippen molar-refractivity contribution in [2.24, 2.45) is 5.92 Å². The number of halogens is 1. The second-order valence-electron chi connectivity index (χ2n) is 5.35. The summed E-state index contributed by atoms with van der Waals surface area (Å²) in [5.74, 6) is 1.12. The van der Waals surface area contributed by atoms with E-state index in [1.807, 2.05) is 23.2 Å². The van der Waals surface area contributed by atoms with E-state index in [1.165, 1.54) is 26.2 Å². The highest BCUT2D eigenvalue weighted by Crippen LogP contribution is 2.48. The van der Waals surface area contributed by atoms with Crippen LogP contribution in [-0.4, -0.2) is 30.7 Å². The van der Waals surface area contributed by atoms with Gasteiger partial charge in [-0.25, -0.2) is 4.79 Å². The zero-order chi connectivity index (χ0) is 13.6. The Hall–Kier alpha value is -0.550. The molecule has 3 rings (SSSR count). The molecule has 1 aliphatic carbocycles. The Morgan fingerprint density at radius 3 is 3.05 bits per heavy atom. The number of thiophene rings is 1. The van der Waals surface area contributed by atoms with Crippen LogP contribution < -0.4 is 0 Å². The molecule has 2 aliphatic rings. The van der Waals surface area contributed by atoms with Gasteiger partial charge < -0.3 is 9.64 Å². The summed E-state index contributed by atoms with van der Waals surface area (Å²) in [6.45, 7) is 6.18. The van der Waals surface area contributed by atoms with Gasteiger partial charge in [-0.15, -0.1) is 11.3 Å². The maximum atomic E-state index is 11.9. The third kappa shape index (κ3) is 2.21. The molecule has 1 aromatic heterocycles. The molecule has 1 aromatic rings. The van der Waals surface area contributed by atoms with Gasteiger partial charge >= 0.3 is 6.09 Å². The number of carbonyl (C=O) groups is 1. The normalized spacial score (nSPS) is 25.1. The van der Waals surface area contributed by atoms with Crippen molar-refractivity contribution in [3.8, 4) is 0 Å². The summed E-state index contributed by atoms with van der Waals surface area (Å²) in [6.07, 6.45) is 2.20. The third-order valence-corrected chi connectivity index (χ3v) is 6.53. The minimum Gasteiger partial charge on any atom is -0.450 e. The number of fused-ring (bicyclic) bond motifs is 3. The van der Waals surface area contributed by atoms with Crippen LogP contribution in [0, 0.1) is 12.8 Å². The van der Waals surface area contributed by atoms with Gasteiger partial charge in [0, 0.05) is 23.9 Å². The lowest BCUT2D eigenvalue weighted by Crippen LogP contribution is -2.29. The first kappa shape index (κ1) is 13.4. The smallest absolute Gasteiger partial charge is 0.409 e. The van der Waals surface area contributed by atoms with Crippen molar-refractivity contribution in [1.29, 1.82) is 0 Å². The minimum atomic E-state index is -0.148. The third-order valence-electron chi connectivity index (χ3n) is 4.29. The molecule has 0 bridgehead atoms. The highest BCUT2D eigenvalue weighted by molar-refractivity contribution is 9.11. The number of hydrogen-bond acceptors (Lipinski definition) is 3. The van der Waals surface area contributed by atoms with E-state index in [1.54, 1.807) is 0 Å². The van der Waals surface area contributed by atoms with Crippen LogP contribution in [0.25, 0.3) is 0 Å². The molecule has 0 N–H and O–H groups in total. The summed E-state index contributed by atoms with van der Waals surface area (Å²) < 4.78 is 6.39. The lowest BCUT2D eigenvalue weighted by atomic mass is 9.79. The van der Waals surface area contributed by atoms with Crippen molar-refractivity contribution < 1.29 is 9.53 Å². The maximum absolute atomic E-state index is 11.9. The predicted octanol–water partition coefficient (Wildman–Crippen LogP) is 3.94. The predicted molar refractivity (Wildman–Crippen MR) is 79.9 cm³/mol. The van der Waals surface area contributed by atoms with E-state index >= 15 is 0 Å². The first-order valence-electron chi connectivity index (χ1n) is 6.81. The Bertz CT molecular complexity index is 514. The standard InChI is InChI=1S/C14H18BrNO2S/c1-3-18-14(17)16-6-9-4-5-11-12(10(9)7-16)8(2)13(15)19-11/h9-10H,3-7H2,1-2H3. The van der Waals surface area contributed by atoms with Gasteiger partial charge in [0.2, 0.25) is 0 Å². The van der Waals surface area contributed by atoms with E-state index in [0.717, 1.165) is 19.5 Å². The van der Waals surface area contributed by atoms with Crippen LogP contribution in [0.3, 0.4) is 0 Å². The molecule has 3 nitrogen and oxygen atoms in total. The van der Waals surface area contributed by atoms with Gasteiger partial charge in [-0.2, -0.15) is 0 Å². The van der Waals surface area contributed by atoms with Crippen molar-refractivity contribution in [3.63, 3.8) is 0 Å². The van der Waals surface area contributed by atoms with Crippen molar-refractivity contribution in [2.75, 3.05) is 19.7 Å². The van der Waals surface area contributed by atoms with E-state index in [0.29, 0.717) is 18.4 Å². The number of likely N-dealkylation sites (tertiary alicyclic amines) is 1. The highest BCUT2D eigenvalue weighted by Gasteiger charge is 2.41. The highest BCUT2D eigenvalue weighted by atomic mass is 79.9. The van der Waals surface area contributed by atoms with Crippen molar-refractivity contribution in [2.45, 2.75) is 32.6 Å². The molecule has 0 saturated carbocycles. The van der Waals surface area contributed by atoms with Gasteiger partial charge in [0.25, 0.3) is 0 Å². The van der Waals surface area contributed by atoms with Gasteiger partial charge in [0.1, 0.15) is 0 Å². The summed E-state index contributed by atoms with van der Waals surface area (Å²) >= 11 is 5.52. The quantitative estimate of drug-likeness (QED) is 0.772. The Balaban J connectivity index is 1.85. The molecule has 0 radical (unpaired) electrons. The Kier molecular flexibility index (Phi) is 3.60. The number of aryl methyl sites for hydroxylation is 1. The van der Waals surface area contributed by atoms with Crippen LogP contribution in [0.1, 0.15) is 35.3 Å². The van der Waals surface area contributed by atoms with Gasteiger partial charge in [-0.05, 0) is 59.7 Å². The van der Waals surface area contributed by atoms with Gasteiger partial charge in [-0.1, -0.05) is 0 Å². The molecule has 0 aromatic carbocycles. The summed E-state index contributed by atoms with van der Waals surface area (Å²) in [5.41, 5.74) is 2.88. The topological polar surface area (TPSA) is 29.5 Å². The zero-order valence-electron chi connectivity index (χ0n) is 11.2. The van der Waals surface area contributed by atoms with Crippen LogP contribution in [-0.2, 0) is 11.2 Å². The Morgan fingerprint density at radius 2 is 2.32 bits per heavy atom. The molecule has 19 heavy (non-hydrogen) atoms. The van der Waals surface area contributed by atoms with Crippen LogP contribution in [0.4, 0.5) is 4.79 Å². The monoisotopic (exact) mass is 343 g/mol. The second-order valence-corrected chi connectivity index (χ2v) is 7.77. The lowest BCUT2D eigenvalue weighted by molar-refractivity contribution is 0.114. The summed E-state index contributed by atoms with van der Waals surface area (Å²) in [5, 5.41) is 0. The molecule has 1 amide bonds. The first-order valence-corrected chi connectivity index (χ1v) is 8.42. The van der Waals surface area contributed by atoms with Crippen LogP contribution >= 0.6 is 27.3 Å². The summed E-state index contributed by atoms with van der Waals surface area (Å²) in [7, 11) is 0. The lowest BCUT2D eigenvalue weighted by Gasteiger charge is -2.24. The Morgan fingerprint density at radius 1 is 1.53 bits per heavy atom. The fourth-order valence-electron chi connectivity index (χ4n) is 3.40. The van der Waals surface area contributed by atoms with E-state index in [2.05, 4.69) is 22.9 Å². The van der Waals surface area contributed by atoms with E-state index in [9.17, 15) is 4.79 Å². The number of hydrogen-bond donors (Lipinski definition) is 0. The largest absolute Gasteiger partial charge is 0.450 e. The SMILES string of the molecule is CCOC(=O)N1CC2CCc3sc(Br)c(C)c3C2C1. The number of rotatable bonds is 1. The molecule has 0 spiro atoms. The molecule has 2 atom stereocenters. The molecular weight excluding hydrogens is 326 g/mol. The average molecular weight is 344 g/mol. The molecule has 2 heterocycles. The second kappa shape index (κ2) is 5.09. The van der Waals surface area contributed by atoms with Crippen molar-refractivity contribution in [3.05, 3.63) is 19.8 Å². The average Bonchev–Trinajstić information content (AvgIpc) is 2.92. The van der Waals surface area contributed by atoms with Gasteiger partial charge in [0.05, 0.1) is 10.4 Å². The first-order chi connectivity index (χ1) is 9.11.